The summed E-state index contributed by atoms with van der Waals surface area (Å²) in [7, 11) is 0. The summed E-state index contributed by atoms with van der Waals surface area (Å²) in [5, 5.41) is 8.50. The van der Waals surface area contributed by atoms with Gasteiger partial charge in [-0.25, -0.2) is 0 Å². The number of carbonyl (C=O) groups excluding carboxylic acids is 2. The molecule has 14 heavy (non-hydrogen) atoms. The highest BCUT2D eigenvalue weighted by Gasteiger charge is 2.04. The molecule has 0 spiro atoms. The average Bonchev–Trinajstić information content (AvgIpc) is 2.25. The van der Waals surface area contributed by atoms with E-state index in [1.807, 2.05) is 0 Å². The van der Waals surface area contributed by atoms with Gasteiger partial charge in [0.25, 0.3) is 0 Å². The van der Waals surface area contributed by atoms with Crippen LogP contribution in [0.25, 0.3) is 0 Å². The lowest BCUT2D eigenvalue weighted by Crippen LogP contribution is -2.04. The number of aliphatic hydroxyl groups excluding tert-OH is 1. The molecule has 1 aromatic carbocycles. The van der Waals surface area contributed by atoms with Crippen LogP contribution in [0.2, 0.25) is 0 Å². The average molecular weight is 194 g/mol. The largest absolute Gasteiger partial charge is 0.491 e. The molecule has 4 nitrogen and oxygen atoms in total. The summed E-state index contributed by atoms with van der Waals surface area (Å²) in [6.07, 6.45) is 0.255. The van der Waals surface area contributed by atoms with Crippen molar-refractivity contribution in [1.82, 2.24) is 0 Å². The highest BCUT2D eigenvalue weighted by atomic mass is 16.5. The van der Waals surface area contributed by atoms with Crippen molar-refractivity contribution in [3.8, 4) is 5.75 Å². The molecule has 0 atom stereocenters. The van der Waals surface area contributed by atoms with E-state index in [1.54, 1.807) is 12.1 Å². The molecule has 0 unspecified atom stereocenters. The fourth-order valence-corrected chi connectivity index (χ4v) is 0.971. The number of aldehydes is 1. The zero-order chi connectivity index (χ0) is 10.4. The van der Waals surface area contributed by atoms with Crippen molar-refractivity contribution in [3.05, 3.63) is 29.8 Å². The minimum atomic E-state index is -0.584. The number of ether oxygens (including phenoxy) is 1. The lowest BCUT2D eigenvalue weighted by molar-refractivity contribution is -0.104. The maximum atomic E-state index is 11.0. The second-order valence-corrected chi connectivity index (χ2v) is 2.58. The van der Waals surface area contributed by atoms with E-state index in [4.69, 9.17) is 9.84 Å². The Kier molecular flexibility index (Phi) is 3.82. The van der Waals surface area contributed by atoms with Gasteiger partial charge >= 0.3 is 0 Å². The standard InChI is InChI=1S/C10H10O4/c11-4-5-14-9-3-1-2-8(6-9)10(13)7-12/h1-3,6-7,11H,4-5H2. The van der Waals surface area contributed by atoms with Gasteiger partial charge in [0.15, 0.2) is 6.29 Å². The van der Waals surface area contributed by atoms with Crippen molar-refractivity contribution in [1.29, 1.82) is 0 Å². The van der Waals surface area contributed by atoms with Crippen LogP contribution in [0.15, 0.2) is 24.3 Å². The summed E-state index contributed by atoms with van der Waals surface area (Å²) in [6.45, 7) is 0.0740. The van der Waals surface area contributed by atoms with Gasteiger partial charge in [0, 0.05) is 5.56 Å². The lowest BCUT2D eigenvalue weighted by atomic mass is 10.1. The molecule has 0 fully saturated rings. The smallest absolute Gasteiger partial charge is 0.225 e. The van der Waals surface area contributed by atoms with E-state index in [-0.39, 0.29) is 25.1 Å². The Hall–Kier alpha value is -1.68. The minimum Gasteiger partial charge on any atom is -0.491 e. The molecule has 0 saturated carbocycles. The van der Waals surface area contributed by atoms with E-state index in [9.17, 15) is 9.59 Å². The summed E-state index contributed by atoms with van der Waals surface area (Å²) in [5.41, 5.74) is 0.287. The fourth-order valence-electron chi connectivity index (χ4n) is 0.971. The van der Waals surface area contributed by atoms with Gasteiger partial charge in [-0.15, -0.1) is 0 Å². The monoisotopic (exact) mass is 194 g/mol. The molecular weight excluding hydrogens is 184 g/mol. The third-order valence-electron chi connectivity index (χ3n) is 1.59. The van der Waals surface area contributed by atoms with Crippen molar-refractivity contribution in [2.45, 2.75) is 0 Å². The third-order valence-corrected chi connectivity index (χ3v) is 1.59. The molecule has 74 valence electrons. The predicted octanol–water partition coefficient (Wildman–Crippen LogP) is 0.439. The summed E-state index contributed by atoms with van der Waals surface area (Å²) in [5.74, 6) is -0.119. The zero-order valence-electron chi connectivity index (χ0n) is 7.47. The molecule has 0 aliphatic heterocycles. The highest BCUT2D eigenvalue weighted by Crippen LogP contribution is 2.12. The molecule has 0 aliphatic carbocycles. The topological polar surface area (TPSA) is 63.6 Å². The molecule has 1 N–H and O–H groups in total. The first-order chi connectivity index (χ1) is 6.77. The van der Waals surface area contributed by atoms with Crippen LogP contribution in [-0.4, -0.2) is 30.4 Å². The molecule has 0 aliphatic rings. The Morgan fingerprint density at radius 2 is 2.29 bits per heavy atom. The molecule has 0 saturated heterocycles. The van der Waals surface area contributed by atoms with Gasteiger partial charge in [-0.3, -0.25) is 9.59 Å². The summed E-state index contributed by atoms with van der Waals surface area (Å²) >= 11 is 0. The minimum absolute atomic E-state index is 0.0914. The van der Waals surface area contributed by atoms with Crippen molar-refractivity contribution >= 4 is 12.1 Å². The first-order valence-corrected chi connectivity index (χ1v) is 4.11. The van der Waals surface area contributed by atoms with Gasteiger partial charge in [0.05, 0.1) is 6.61 Å². The van der Waals surface area contributed by atoms with Gasteiger partial charge in [0.1, 0.15) is 12.4 Å². The first kappa shape index (κ1) is 10.4. The fraction of sp³-hybridized carbons (Fsp3) is 0.200. The van der Waals surface area contributed by atoms with E-state index >= 15 is 0 Å². The van der Waals surface area contributed by atoms with Crippen LogP contribution in [0.3, 0.4) is 0 Å². The van der Waals surface area contributed by atoms with Crippen LogP contribution in [0.5, 0.6) is 5.75 Å². The van der Waals surface area contributed by atoms with Crippen LogP contribution in [-0.2, 0) is 4.79 Å². The van der Waals surface area contributed by atoms with Crippen molar-refractivity contribution in [2.75, 3.05) is 13.2 Å². The van der Waals surface area contributed by atoms with Crippen LogP contribution >= 0.6 is 0 Å². The third kappa shape index (κ3) is 2.67. The number of hydrogen-bond donors (Lipinski definition) is 1. The Morgan fingerprint density at radius 3 is 2.93 bits per heavy atom. The van der Waals surface area contributed by atoms with Crippen LogP contribution in [0.1, 0.15) is 10.4 Å². The predicted molar refractivity (Wildman–Crippen MR) is 49.4 cm³/mol. The van der Waals surface area contributed by atoms with Gasteiger partial charge < -0.3 is 9.84 Å². The molecule has 0 heterocycles. The maximum absolute atomic E-state index is 11.0. The molecule has 1 rings (SSSR count). The normalized spacial score (nSPS) is 9.50. The second-order valence-electron chi connectivity index (χ2n) is 2.58. The quantitative estimate of drug-likeness (QED) is 0.419. The van der Waals surface area contributed by atoms with Gasteiger partial charge in [0.2, 0.25) is 5.78 Å². The van der Waals surface area contributed by atoms with Crippen LogP contribution < -0.4 is 4.74 Å². The van der Waals surface area contributed by atoms with Crippen LogP contribution in [0, 0.1) is 0 Å². The summed E-state index contributed by atoms with van der Waals surface area (Å²) in [4.78, 5) is 21.2. The molecule has 0 radical (unpaired) electrons. The van der Waals surface area contributed by atoms with E-state index in [2.05, 4.69) is 0 Å². The summed E-state index contributed by atoms with van der Waals surface area (Å²) in [6, 6.07) is 6.26. The molecular formula is C10H10O4. The number of aliphatic hydroxyl groups is 1. The Balaban J connectivity index is 2.78. The lowest BCUT2D eigenvalue weighted by Gasteiger charge is -2.04. The number of rotatable bonds is 5. The Labute approximate surface area is 81.1 Å². The van der Waals surface area contributed by atoms with E-state index in [0.717, 1.165) is 0 Å². The number of hydrogen-bond acceptors (Lipinski definition) is 4. The van der Waals surface area contributed by atoms with Crippen LogP contribution in [0.4, 0.5) is 0 Å². The first-order valence-electron chi connectivity index (χ1n) is 4.11. The van der Waals surface area contributed by atoms with Crippen molar-refractivity contribution in [3.63, 3.8) is 0 Å². The maximum Gasteiger partial charge on any atom is 0.225 e. The second kappa shape index (κ2) is 5.14. The molecule has 4 heteroatoms. The highest BCUT2D eigenvalue weighted by molar-refractivity contribution is 6.33. The Bertz CT molecular complexity index is 333. The number of benzene rings is 1. The molecule has 0 bridgehead atoms. The van der Waals surface area contributed by atoms with Crippen molar-refractivity contribution < 1.29 is 19.4 Å². The summed E-state index contributed by atoms with van der Waals surface area (Å²) < 4.78 is 5.07. The van der Waals surface area contributed by atoms with Crippen molar-refractivity contribution in [2.24, 2.45) is 0 Å². The van der Waals surface area contributed by atoms with E-state index in [1.165, 1.54) is 12.1 Å². The molecule has 0 amide bonds. The Morgan fingerprint density at radius 1 is 1.50 bits per heavy atom. The zero-order valence-corrected chi connectivity index (χ0v) is 7.47. The van der Waals surface area contributed by atoms with E-state index < -0.39 is 5.78 Å². The van der Waals surface area contributed by atoms with E-state index in [0.29, 0.717) is 5.75 Å². The molecule has 1 aromatic rings. The number of ketones is 1. The number of Topliss-reactive ketones (excluding diaryl/α,β-unsaturated/α-hetero) is 1. The SMILES string of the molecule is O=CC(=O)c1cccc(OCCO)c1. The van der Waals surface area contributed by atoms with Gasteiger partial charge in [-0.05, 0) is 12.1 Å². The number of carbonyl (C=O) groups is 2. The van der Waals surface area contributed by atoms with Gasteiger partial charge in [-0.1, -0.05) is 12.1 Å². The molecule has 0 aromatic heterocycles. The van der Waals surface area contributed by atoms with Gasteiger partial charge in [-0.2, -0.15) is 0 Å².